The largest absolute Gasteiger partial charge is 0.361 e. The van der Waals surface area contributed by atoms with E-state index in [-0.39, 0.29) is 46.1 Å². The van der Waals surface area contributed by atoms with E-state index in [0.717, 1.165) is 12.0 Å². The van der Waals surface area contributed by atoms with E-state index in [0.29, 0.717) is 6.42 Å². The molecule has 0 N–H and O–H groups in total. The van der Waals surface area contributed by atoms with Gasteiger partial charge in [0.15, 0.2) is 0 Å². The Kier molecular flexibility index (Phi) is 16.7. The highest BCUT2D eigenvalue weighted by Gasteiger charge is 2.76. The third-order valence-corrected chi connectivity index (χ3v) is 16.1. The molecule has 208 valence electrons. The lowest BCUT2D eigenvalue weighted by atomic mass is 10.1. The van der Waals surface area contributed by atoms with E-state index in [2.05, 4.69) is 6.08 Å². The van der Waals surface area contributed by atoms with Gasteiger partial charge in [-0.2, -0.15) is 0 Å². The van der Waals surface area contributed by atoms with Crippen molar-refractivity contribution in [2.75, 3.05) is 39.6 Å². The summed E-state index contributed by atoms with van der Waals surface area (Å²) in [6.45, 7) is 15.3. The van der Waals surface area contributed by atoms with Crippen LogP contribution in [0.2, 0.25) is 0 Å². The summed E-state index contributed by atoms with van der Waals surface area (Å²) < 4.78 is 75.6. The van der Waals surface area contributed by atoms with Gasteiger partial charge < -0.3 is 27.1 Å². The van der Waals surface area contributed by atoms with Crippen molar-refractivity contribution in [2.24, 2.45) is 0 Å². The molecule has 0 rings (SSSR count). The summed E-state index contributed by atoms with van der Waals surface area (Å²) in [5.41, 5.74) is 2.10. The minimum Gasteiger partial charge on any atom is -0.308 e. The molecular weight excluding hydrogens is 513 g/mol. The van der Waals surface area contributed by atoms with Gasteiger partial charge in [0.2, 0.25) is 0 Å². The zero-order valence-electron chi connectivity index (χ0n) is 23.0. The number of rotatable bonds is 20. The standard InChI is InChI=1S/C23H47O9P3/c1-10-27-33(24,28-11-2)23(34(25,29-12-3)30-13-4,35(26,31-14-5)32-15-6)20-19-22(9)18-16-17-21(7)8/h17,19H,10-16,18,20H2,1-9H3/b22-19+. The first kappa shape index (κ1) is 34.9. The minimum atomic E-state index is -4.50. The molecule has 0 radical (unpaired) electrons. The van der Waals surface area contributed by atoms with Crippen LogP contribution in [0.4, 0.5) is 0 Å². The summed E-state index contributed by atoms with van der Waals surface area (Å²) in [5.74, 6) is 0. The van der Waals surface area contributed by atoms with Crippen molar-refractivity contribution in [3.63, 3.8) is 0 Å². The van der Waals surface area contributed by atoms with Crippen molar-refractivity contribution < 1.29 is 40.8 Å². The van der Waals surface area contributed by atoms with Crippen molar-refractivity contribution in [2.45, 2.75) is 86.2 Å². The Balaban J connectivity index is 7.44. The lowest BCUT2D eigenvalue weighted by Gasteiger charge is -2.44. The van der Waals surface area contributed by atoms with Crippen LogP contribution >= 0.6 is 22.8 Å². The zero-order chi connectivity index (χ0) is 27.2. The van der Waals surface area contributed by atoms with Crippen LogP contribution in [0, 0.1) is 0 Å². The molecule has 12 heteroatoms. The summed E-state index contributed by atoms with van der Waals surface area (Å²) in [4.78, 5) is 0. The predicted octanol–water partition coefficient (Wildman–Crippen LogP) is 8.52. The van der Waals surface area contributed by atoms with Gasteiger partial charge in [-0.25, -0.2) is 0 Å². The van der Waals surface area contributed by atoms with E-state index in [9.17, 15) is 13.7 Å². The molecule has 0 aliphatic rings. The van der Waals surface area contributed by atoms with Crippen molar-refractivity contribution in [1.29, 1.82) is 0 Å². The van der Waals surface area contributed by atoms with Gasteiger partial charge in [-0.15, -0.1) is 0 Å². The lowest BCUT2D eigenvalue weighted by molar-refractivity contribution is 0.167. The van der Waals surface area contributed by atoms with Gasteiger partial charge in [-0.1, -0.05) is 23.3 Å². The predicted molar refractivity (Wildman–Crippen MR) is 142 cm³/mol. The van der Waals surface area contributed by atoms with Crippen LogP contribution in [-0.4, -0.2) is 44.3 Å². The maximum atomic E-state index is 14.6. The average Bonchev–Trinajstić information content (AvgIpc) is 2.74. The molecule has 0 amide bonds. The third-order valence-electron chi connectivity index (χ3n) is 4.93. The van der Waals surface area contributed by atoms with E-state index in [1.165, 1.54) is 5.57 Å². The molecule has 0 fully saturated rings. The van der Waals surface area contributed by atoms with Crippen molar-refractivity contribution in [1.82, 2.24) is 0 Å². The van der Waals surface area contributed by atoms with Crippen LogP contribution in [0.15, 0.2) is 23.3 Å². The molecule has 9 nitrogen and oxygen atoms in total. The maximum Gasteiger partial charge on any atom is 0.361 e. The fourth-order valence-corrected chi connectivity index (χ4v) is 13.7. The Morgan fingerprint density at radius 2 is 0.914 bits per heavy atom. The second-order valence-electron chi connectivity index (χ2n) is 7.85. The van der Waals surface area contributed by atoms with Gasteiger partial charge in [-0.3, -0.25) is 13.7 Å². The first-order chi connectivity index (χ1) is 16.4. The SMILES string of the molecule is CCOP(=O)(OCC)C(C/C=C(\C)CCC=C(C)C)(P(=O)(OCC)OCC)P(=O)(OCC)OCC. The second-order valence-corrected chi connectivity index (χ2v) is 15.7. The fraction of sp³-hybridized carbons (Fsp3) is 0.826. The molecule has 0 heterocycles. The molecular formula is C23H47O9P3. The van der Waals surface area contributed by atoms with E-state index in [1.807, 2.05) is 20.8 Å². The van der Waals surface area contributed by atoms with E-state index >= 15 is 0 Å². The Labute approximate surface area is 212 Å². The molecule has 35 heavy (non-hydrogen) atoms. The summed E-state index contributed by atoms with van der Waals surface area (Å²) in [7, 11) is -13.5. The quantitative estimate of drug-likeness (QED) is 0.107. The number of allylic oxidation sites excluding steroid dienone is 4. The van der Waals surface area contributed by atoms with E-state index in [4.69, 9.17) is 27.1 Å². The highest BCUT2D eigenvalue weighted by molar-refractivity contribution is 7.90. The fourth-order valence-electron chi connectivity index (χ4n) is 3.54. The highest BCUT2D eigenvalue weighted by Crippen LogP contribution is 2.92. The van der Waals surface area contributed by atoms with Gasteiger partial charge in [0.25, 0.3) is 4.64 Å². The van der Waals surface area contributed by atoms with Crippen LogP contribution in [0.25, 0.3) is 0 Å². The topological polar surface area (TPSA) is 107 Å². The number of hydrogen-bond donors (Lipinski definition) is 0. The molecule has 0 spiro atoms. The van der Waals surface area contributed by atoms with Crippen molar-refractivity contribution in [3.8, 4) is 0 Å². The van der Waals surface area contributed by atoms with Gasteiger partial charge in [-0.05, 0) is 75.2 Å². The first-order valence-corrected chi connectivity index (χ1v) is 17.0. The Morgan fingerprint density at radius 3 is 1.17 bits per heavy atom. The molecule has 0 saturated heterocycles. The average molecular weight is 561 g/mol. The third kappa shape index (κ3) is 8.74. The van der Waals surface area contributed by atoms with Gasteiger partial charge >= 0.3 is 22.8 Å². The summed E-state index contributed by atoms with van der Waals surface area (Å²) in [6.07, 6.45) is 5.04. The minimum absolute atomic E-state index is 0.0568. The molecule has 0 aromatic rings. The van der Waals surface area contributed by atoms with Crippen molar-refractivity contribution >= 4 is 22.8 Å². The Morgan fingerprint density at radius 1 is 0.600 bits per heavy atom. The Hall–Kier alpha value is -0.0700. The van der Waals surface area contributed by atoms with Crippen molar-refractivity contribution in [3.05, 3.63) is 23.3 Å². The normalized spacial score (nSPS) is 13.8. The molecule has 0 saturated carbocycles. The Bertz CT molecular complexity index is 715. The molecule has 0 aromatic carbocycles. The second kappa shape index (κ2) is 16.7. The zero-order valence-corrected chi connectivity index (χ0v) is 25.7. The smallest absolute Gasteiger partial charge is 0.308 e. The summed E-state index contributed by atoms with van der Waals surface area (Å²) in [6, 6.07) is 0. The maximum absolute atomic E-state index is 14.6. The summed E-state index contributed by atoms with van der Waals surface area (Å²) >= 11 is 0. The van der Waals surface area contributed by atoms with Gasteiger partial charge in [0, 0.05) is 6.42 Å². The first-order valence-electron chi connectivity index (χ1n) is 12.4. The molecule has 0 aliphatic heterocycles. The molecule has 0 bridgehead atoms. The van der Waals surface area contributed by atoms with Crippen LogP contribution in [0.1, 0.15) is 81.6 Å². The molecule has 0 unspecified atom stereocenters. The van der Waals surface area contributed by atoms with Crippen LogP contribution in [0.5, 0.6) is 0 Å². The molecule has 0 aliphatic carbocycles. The van der Waals surface area contributed by atoms with E-state index < -0.39 is 27.4 Å². The number of hydrogen-bond acceptors (Lipinski definition) is 9. The van der Waals surface area contributed by atoms with E-state index in [1.54, 1.807) is 47.6 Å². The molecule has 0 aromatic heterocycles. The van der Waals surface area contributed by atoms with Gasteiger partial charge in [0.1, 0.15) is 0 Å². The van der Waals surface area contributed by atoms with Crippen LogP contribution in [-0.2, 0) is 40.8 Å². The molecule has 0 atom stereocenters. The lowest BCUT2D eigenvalue weighted by Crippen LogP contribution is -2.35. The van der Waals surface area contributed by atoms with Gasteiger partial charge in [0.05, 0.1) is 39.6 Å². The monoisotopic (exact) mass is 560 g/mol. The van der Waals surface area contributed by atoms with Crippen LogP contribution in [0.3, 0.4) is 0 Å². The highest BCUT2D eigenvalue weighted by atomic mass is 31.3. The summed E-state index contributed by atoms with van der Waals surface area (Å²) in [5, 5.41) is 0. The van der Waals surface area contributed by atoms with Crippen LogP contribution < -0.4 is 0 Å².